The van der Waals surface area contributed by atoms with Gasteiger partial charge in [0.2, 0.25) is 0 Å². The van der Waals surface area contributed by atoms with Gasteiger partial charge in [0, 0.05) is 16.2 Å². The number of phenolic OH excluding ortho intramolecular Hbond substituents is 1. The molecule has 0 radical (unpaired) electrons. The van der Waals surface area contributed by atoms with Crippen LogP contribution < -0.4 is 5.43 Å². The van der Waals surface area contributed by atoms with Crippen LogP contribution in [0.2, 0.25) is 0 Å². The molecule has 0 aliphatic carbocycles. The molecule has 0 fully saturated rings. The molecule has 4 heteroatoms. The number of fused-ring (bicyclic) bond motifs is 1. The zero-order valence-electron chi connectivity index (χ0n) is 6.52. The maximum atomic E-state index is 11.4. The van der Waals surface area contributed by atoms with Gasteiger partial charge in [-0.15, -0.1) is 24.0 Å². The number of rotatable bonds is 0. The Bertz CT molecular complexity index is 511. The molecule has 13 heavy (non-hydrogen) atoms. The first-order valence-corrected chi connectivity index (χ1v) is 4.89. The first kappa shape index (κ1) is 8.59. The predicted octanol–water partition coefficient (Wildman–Crippen LogP) is 2.26. The fraction of sp³-hybridized carbons (Fsp3) is 0. The van der Waals surface area contributed by atoms with Gasteiger partial charge in [-0.25, -0.2) is 0 Å². The van der Waals surface area contributed by atoms with Crippen LogP contribution in [-0.4, -0.2) is 5.11 Å². The molecule has 1 aromatic heterocycles. The summed E-state index contributed by atoms with van der Waals surface area (Å²) in [6.07, 6.45) is 0. The summed E-state index contributed by atoms with van der Waals surface area (Å²) < 4.78 is 1.42. The average Bonchev–Trinajstić information content (AvgIpc) is 2.02. The fourth-order valence-corrected chi connectivity index (χ4v) is 2.39. The summed E-state index contributed by atoms with van der Waals surface area (Å²) in [7, 11) is 0. The van der Waals surface area contributed by atoms with Crippen molar-refractivity contribution in [3.8, 4) is 5.75 Å². The minimum Gasteiger partial charge on any atom is -0.508 e. The number of hydrogen-bond donors (Lipinski definition) is 2. The van der Waals surface area contributed by atoms with E-state index in [0.717, 1.165) is 4.70 Å². The van der Waals surface area contributed by atoms with E-state index >= 15 is 0 Å². The Labute approximate surface area is 83.9 Å². The summed E-state index contributed by atoms with van der Waals surface area (Å²) in [6.45, 7) is 0. The van der Waals surface area contributed by atoms with Gasteiger partial charge in [-0.1, -0.05) is 0 Å². The first-order valence-electron chi connectivity index (χ1n) is 3.62. The highest BCUT2D eigenvalue weighted by Gasteiger charge is 2.01. The lowest BCUT2D eigenvalue weighted by Crippen LogP contribution is -1.97. The third kappa shape index (κ3) is 1.55. The summed E-state index contributed by atoms with van der Waals surface area (Å²) in [5.74, 6) is 0.169. The second-order valence-corrected chi connectivity index (χ2v) is 4.50. The Hall–Kier alpha value is -1.00. The number of hydrogen-bond acceptors (Lipinski definition) is 4. The molecule has 1 aromatic carbocycles. The monoisotopic (exact) mass is 210 g/mol. The van der Waals surface area contributed by atoms with Crippen molar-refractivity contribution in [2.45, 2.75) is 4.21 Å². The topological polar surface area (TPSA) is 37.3 Å². The maximum absolute atomic E-state index is 11.4. The second kappa shape index (κ2) is 3.05. The van der Waals surface area contributed by atoms with Crippen molar-refractivity contribution in [3.05, 3.63) is 34.5 Å². The summed E-state index contributed by atoms with van der Waals surface area (Å²) >= 11 is 5.48. The van der Waals surface area contributed by atoms with E-state index in [9.17, 15) is 9.90 Å². The van der Waals surface area contributed by atoms with Crippen molar-refractivity contribution in [1.82, 2.24) is 0 Å². The lowest BCUT2D eigenvalue weighted by atomic mass is 10.2. The third-order valence-electron chi connectivity index (χ3n) is 1.70. The zero-order valence-corrected chi connectivity index (χ0v) is 8.23. The van der Waals surface area contributed by atoms with Crippen molar-refractivity contribution in [1.29, 1.82) is 0 Å². The number of aromatic hydroxyl groups is 1. The molecular weight excluding hydrogens is 204 g/mol. The Kier molecular flexibility index (Phi) is 2.01. The first-order chi connectivity index (χ1) is 6.16. The highest BCUT2D eigenvalue weighted by molar-refractivity contribution is 7.83. The van der Waals surface area contributed by atoms with Gasteiger partial charge in [0.15, 0.2) is 5.43 Å². The largest absolute Gasteiger partial charge is 0.508 e. The molecule has 0 bridgehead atoms. The predicted molar refractivity (Wildman–Crippen MR) is 57.0 cm³/mol. The molecule has 0 amide bonds. The highest BCUT2D eigenvalue weighted by atomic mass is 32.2. The lowest BCUT2D eigenvalue weighted by molar-refractivity contribution is 0.476. The van der Waals surface area contributed by atoms with Crippen LogP contribution in [0.4, 0.5) is 0 Å². The van der Waals surface area contributed by atoms with Gasteiger partial charge in [-0.05, 0) is 18.2 Å². The molecule has 66 valence electrons. The van der Waals surface area contributed by atoms with E-state index in [2.05, 4.69) is 12.6 Å². The quantitative estimate of drug-likeness (QED) is 0.654. The summed E-state index contributed by atoms with van der Waals surface area (Å²) in [6, 6.07) is 6.18. The van der Waals surface area contributed by atoms with Crippen LogP contribution in [0.1, 0.15) is 0 Å². The van der Waals surface area contributed by atoms with Crippen LogP contribution in [0.5, 0.6) is 5.75 Å². The van der Waals surface area contributed by atoms with E-state index in [1.807, 2.05) is 0 Å². The normalized spacial score (nSPS) is 10.5. The van der Waals surface area contributed by atoms with Crippen molar-refractivity contribution in [2.24, 2.45) is 0 Å². The molecule has 0 aliphatic heterocycles. The number of thiol groups is 1. The van der Waals surface area contributed by atoms with E-state index in [1.54, 1.807) is 12.1 Å². The van der Waals surface area contributed by atoms with E-state index in [1.165, 1.54) is 23.5 Å². The van der Waals surface area contributed by atoms with Crippen molar-refractivity contribution >= 4 is 34.1 Å². The van der Waals surface area contributed by atoms with Crippen LogP contribution in [0.25, 0.3) is 10.1 Å². The fourth-order valence-electron chi connectivity index (χ4n) is 1.13. The van der Waals surface area contributed by atoms with Gasteiger partial charge in [-0.3, -0.25) is 4.79 Å². The number of phenols is 1. The van der Waals surface area contributed by atoms with Crippen LogP contribution in [0, 0.1) is 0 Å². The van der Waals surface area contributed by atoms with Crippen molar-refractivity contribution < 1.29 is 5.11 Å². The Balaban J connectivity index is 2.95. The minimum absolute atomic E-state index is 0.0567. The number of benzene rings is 1. The maximum Gasteiger partial charge on any atom is 0.189 e. The average molecular weight is 210 g/mol. The van der Waals surface area contributed by atoms with E-state index in [0.29, 0.717) is 9.60 Å². The van der Waals surface area contributed by atoms with Crippen LogP contribution >= 0.6 is 24.0 Å². The summed E-state index contributed by atoms with van der Waals surface area (Å²) in [4.78, 5) is 11.4. The van der Waals surface area contributed by atoms with Gasteiger partial charge in [0.1, 0.15) is 5.75 Å². The molecule has 0 saturated carbocycles. The zero-order chi connectivity index (χ0) is 9.42. The molecule has 0 atom stereocenters. The third-order valence-corrected chi connectivity index (χ3v) is 2.99. The van der Waals surface area contributed by atoms with Crippen molar-refractivity contribution in [3.63, 3.8) is 0 Å². The SMILES string of the molecule is O=c1cc(S)sc2cc(O)ccc12. The Morgan fingerprint density at radius 2 is 2.08 bits per heavy atom. The van der Waals surface area contributed by atoms with Gasteiger partial charge < -0.3 is 5.11 Å². The van der Waals surface area contributed by atoms with E-state index in [4.69, 9.17) is 0 Å². The van der Waals surface area contributed by atoms with Crippen LogP contribution in [-0.2, 0) is 0 Å². The molecule has 2 rings (SSSR count). The smallest absolute Gasteiger partial charge is 0.189 e. The highest BCUT2D eigenvalue weighted by Crippen LogP contribution is 2.24. The van der Waals surface area contributed by atoms with Crippen LogP contribution in [0.3, 0.4) is 0 Å². The van der Waals surface area contributed by atoms with Gasteiger partial charge in [0.25, 0.3) is 0 Å². The Morgan fingerprint density at radius 1 is 1.31 bits per heavy atom. The molecule has 2 nitrogen and oxygen atoms in total. The molecule has 0 saturated heterocycles. The van der Waals surface area contributed by atoms with Gasteiger partial charge in [-0.2, -0.15) is 0 Å². The van der Waals surface area contributed by atoms with Crippen molar-refractivity contribution in [2.75, 3.05) is 0 Å². The lowest BCUT2D eigenvalue weighted by Gasteiger charge is -1.97. The minimum atomic E-state index is -0.0567. The molecule has 2 aromatic rings. The molecule has 1 N–H and O–H groups in total. The van der Waals surface area contributed by atoms with Gasteiger partial charge in [0.05, 0.1) is 4.21 Å². The molecular formula is C9H6O2S2. The van der Waals surface area contributed by atoms with Gasteiger partial charge >= 0.3 is 0 Å². The Morgan fingerprint density at radius 3 is 2.85 bits per heavy atom. The molecule has 0 aliphatic rings. The summed E-state index contributed by atoms with van der Waals surface area (Å²) in [5, 5.41) is 9.82. The molecule has 0 unspecified atom stereocenters. The summed E-state index contributed by atoms with van der Waals surface area (Å²) in [5.41, 5.74) is -0.0567. The molecule has 1 heterocycles. The standard InChI is InChI=1S/C9H6O2S2/c10-5-1-2-6-7(11)4-9(12)13-8(6)3-5/h1-4,10,12H. The van der Waals surface area contributed by atoms with E-state index in [-0.39, 0.29) is 11.2 Å². The van der Waals surface area contributed by atoms with E-state index < -0.39 is 0 Å². The molecule has 0 spiro atoms. The second-order valence-electron chi connectivity index (χ2n) is 2.63. The van der Waals surface area contributed by atoms with Crippen LogP contribution in [0.15, 0.2) is 33.3 Å².